The Morgan fingerprint density at radius 3 is 2.60 bits per heavy atom. The van der Waals surface area contributed by atoms with Gasteiger partial charge in [-0.3, -0.25) is 0 Å². The molecule has 0 heterocycles. The number of rotatable bonds is 6. The molecule has 3 heteroatoms. The van der Waals surface area contributed by atoms with Gasteiger partial charge in [-0.15, -0.1) is 0 Å². The van der Waals surface area contributed by atoms with E-state index in [1.165, 1.54) is 12.1 Å². The maximum Gasteiger partial charge on any atom is 0.123 e. The molecular weight excluding hydrogens is 191 g/mol. The lowest BCUT2D eigenvalue weighted by molar-refractivity contribution is 0.509. The zero-order valence-corrected chi connectivity index (χ0v) is 9.17. The van der Waals surface area contributed by atoms with E-state index >= 15 is 0 Å². The summed E-state index contributed by atoms with van der Waals surface area (Å²) in [5, 5.41) is 3.31. The summed E-state index contributed by atoms with van der Waals surface area (Å²) in [6.07, 6.45) is 1.08. The molecule has 1 aromatic carbocycles. The fourth-order valence-electron chi connectivity index (χ4n) is 1.30. The Balaban J connectivity index is 2.17. The van der Waals surface area contributed by atoms with E-state index in [1.54, 1.807) is 12.1 Å². The molecule has 15 heavy (non-hydrogen) atoms. The molecule has 0 saturated heterocycles. The van der Waals surface area contributed by atoms with E-state index < -0.39 is 0 Å². The molecule has 84 valence electrons. The van der Waals surface area contributed by atoms with E-state index in [1.807, 2.05) is 0 Å². The van der Waals surface area contributed by atoms with Gasteiger partial charge in [0.25, 0.3) is 0 Å². The van der Waals surface area contributed by atoms with Crippen molar-refractivity contribution < 1.29 is 4.39 Å². The minimum atomic E-state index is -0.185. The third kappa shape index (κ3) is 4.91. The Hall–Kier alpha value is -0.930. The van der Waals surface area contributed by atoms with Gasteiger partial charge in [0.2, 0.25) is 0 Å². The van der Waals surface area contributed by atoms with Gasteiger partial charge in [-0.2, -0.15) is 0 Å². The molecule has 1 rings (SSSR count). The van der Waals surface area contributed by atoms with Crippen LogP contribution in [-0.2, 0) is 6.54 Å². The van der Waals surface area contributed by atoms with Crippen molar-refractivity contribution in [1.29, 1.82) is 0 Å². The lowest BCUT2D eigenvalue weighted by Gasteiger charge is -2.09. The van der Waals surface area contributed by atoms with Crippen LogP contribution in [0.5, 0.6) is 0 Å². The lowest BCUT2D eigenvalue weighted by Crippen LogP contribution is -2.20. The highest BCUT2D eigenvalue weighted by atomic mass is 19.1. The summed E-state index contributed by atoms with van der Waals surface area (Å²) in [7, 11) is 0. The Labute approximate surface area is 90.7 Å². The van der Waals surface area contributed by atoms with Gasteiger partial charge in [-0.05, 0) is 43.1 Å². The number of benzene rings is 1. The minimum Gasteiger partial charge on any atom is -0.330 e. The van der Waals surface area contributed by atoms with E-state index in [-0.39, 0.29) is 5.82 Å². The average Bonchev–Trinajstić information content (AvgIpc) is 2.26. The van der Waals surface area contributed by atoms with Gasteiger partial charge in [0.05, 0.1) is 0 Å². The lowest BCUT2D eigenvalue weighted by atomic mass is 10.1. The molecule has 0 fully saturated rings. The highest BCUT2D eigenvalue weighted by Crippen LogP contribution is 2.02. The van der Waals surface area contributed by atoms with E-state index in [4.69, 9.17) is 5.73 Å². The van der Waals surface area contributed by atoms with Crippen LogP contribution in [0.15, 0.2) is 24.3 Å². The van der Waals surface area contributed by atoms with Crippen LogP contribution in [0.1, 0.15) is 18.9 Å². The molecule has 1 aromatic rings. The molecule has 0 aliphatic rings. The van der Waals surface area contributed by atoms with Crippen molar-refractivity contribution in [1.82, 2.24) is 5.32 Å². The molecule has 0 radical (unpaired) electrons. The number of hydrogen-bond acceptors (Lipinski definition) is 2. The molecule has 2 nitrogen and oxygen atoms in total. The first-order valence-corrected chi connectivity index (χ1v) is 5.37. The molecule has 1 unspecified atom stereocenters. The number of nitrogens with one attached hydrogen (secondary N) is 1. The Morgan fingerprint density at radius 2 is 2.00 bits per heavy atom. The molecule has 0 amide bonds. The van der Waals surface area contributed by atoms with Gasteiger partial charge >= 0.3 is 0 Å². The first-order chi connectivity index (χ1) is 7.22. The summed E-state index contributed by atoms with van der Waals surface area (Å²) in [4.78, 5) is 0. The van der Waals surface area contributed by atoms with E-state index in [9.17, 15) is 4.39 Å². The van der Waals surface area contributed by atoms with Crippen molar-refractivity contribution in [3.05, 3.63) is 35.6 Å². The van der Waals surface area contributed by atoms with E-state index in [2.05, 4.69) is 12.2 Å². The molecule has 1 atom stereocenters. The third-order valence-corrected chi connectivity index (χ3v) is 2.46. The molecule has 3 N–H and O–H groups in total. The summed E-state index contributed by atoms with van der Waals surface area (Å²) < 4.78 is 12.6. The van der Waals surface area contributed by atoms with Gasteiger partial charge in [0.15, 0.2) is 0 Å². The third-order valence-electron chi connectivity index (χ3n) is 2.46. The maximum absolute atomic E-state index is 12.6. The Morgan fingerprint density at radius 1 is 1.33 bits per heavy atom. The van der Waals surface area contributed by atoms with Gasteiger partial charge in [-0.1, -0.05) is 19.1 Å². The molecule has 0 bridgehead atoms. The van der Waals surface area contributed by atoms with Crippen molar-refractivity contribution in [3.63, 3.8) is 0 Å². The SMILES string of the molecule is CC(CN)CCNCc1ccc(F)cc1. The summed E-state index contributed by atoms with van der Waals surface area (Å²) >= 11 is 0. The average molecular weight is 210 g/mol. The standard InChI is InChI=1S/C12H19FN2/c1-10(8-14)6-7-15-9-11-2-4-12(13)5-3-11/h2-5,10,15H,6-9,14H2,1H3. The van der Waals surface area contributed by atoms with Crippen LogP contribution >= 0.6 is 0 Å². The predicted molar refractivity (Wildman–Crippen MR) is 60.9 cm³/mol. The molecule has 0 aliphatic heterocycles. The van der Waals surface area contributed by atoms with Crippen molar-refractivity contribution in [2.75, 3.05) is 13.1 Å². The first-order valence-electron chi connectivity index (χ1n) is 5.37. The summed E-state index contributed by atoms with van der Waals surface area (Å²) in [5.74, 6) is 0.376. The first kappa shape index (κ1) is 12.1. The molecule has 0 spiro atoms. The number of nitrogens with two attached hydrogens (primary N) is 1. The van der Waals surface area contributed by atoms with Crippen LogP contribution in [0.25, 0.3) is 0 Å². The minimum absolute atomic E-state index is 0.185. The molecular formula is C12H19FN2. The number of halogens is 1. The summed E-state index contributed by atoms with van der Waals surface area (Å²) in [6.45, 7) is 4.62. The van der Waals surface area contributed by atoms with Crippen molar-refractivity contribution >= 4 is 0 Å². The van der Waals surface area contributed by atoms with E-state index in [0.717, 1.165) is 31.6 Å². The second kappa shape index (κ2) is 6.53. The van der Waals surface area contributed by atoms with E-state index in [0.29, 0.717) is 5.92 Å². The number of hydrogen-bond donors (Lipinski definition) is 2. The normalized spacial score (nSPS) is 12.7. The molecule has 0 aliphatic carbocycles. The zero-order chi connectivity index (χ0) is 11.1. The van der Waals surface area contributed by atoms with Crippen LogP contribution in [0.4, 0.5) is 4.39 Å². The van der Waals surface area contributed by atoms with Gasteiger partial charge in [-0.25, -0.2) is 4.39 Å². The van der Waals surface area contributed by atoms with Crippen LogP contribution in [0.2, 0.25) is 0 Å². The maximum atomic E-state index is 12.6. The predicted octanol–water partition coefficient (Wildman–Crippen LogP) is 1.90. The highest BCUT2D eigenvalue weighted by Gasteiger charge is 1.98. The summed E-state index contributed by atoms with van der Waals surface area (Å²) in [5.41, 5.74) is 6.62. The van der Waals surface area contributed by atoms with Gasteiger partial charge in [0.1, 0.15) is 5.82 Å². The fourth-order valence-corrected chi connectivity index (χ4v) is 1.30. The van der Waals surface area contributed by atoms with Crippen molar-refractivity contribution in [2.24, 2.45) is 11.7 Å². The molecule has 0 aromatic heterocycles. The van der Waals surface area contributed by atoms with Crippen LogP contribution in [0, 0.1) is 11.7 Å². The van der Waals surface area contributed by atoms with Crippen LogP contribution < -0.4 is 11.1 Å². The van der Waals surface area contributed by atoms with Gasteiger partial charge in [0, 0.05) is 6.54 Å². The Kier molecular flexibility index (Phi) is 5.29. The largest absolute Gasteiger partial charge is 0.330 e. The fraction of sp³-hybridized carbons (Fsp3) is 0.500. The Bertz CT molecular complexity index is 271. The topological polar surface area (TPSA) is 38.0 Å². The smallest absolute Gasteiger partial charge is 0.123 e. The van der Waals surface area contributed by atoms with Crippen molar-refractivity contribution in [2.45, 2.75) is 19.9 Å². The van der Waals surface area contributed by atoms with Gasteiger partial charge < -0.3 is 11.1 Å². The highest BCUT2D eigenvalue weighted by molar-refractivity contribution is 5.15. The quantitative estimate of drug-likeness (QED) is 0.704. The second-order valence-corrected chi connectivity index (χ2v) is 3.93. The second-order valence-electron chi connectivity index (χ2n) is 3.93. The van der Waals surface area contributed by atoms with Crippen LogP contribution in [0.3, 0.4) is 0 Å². The van der Waals surface area contributed by atoms with Crippen molar-refractivity contribution in [3.8, 4) is 0 Å². The summed E-state index contributed by atoms with van der Waals surface area (Å²) in [6, 6.07) is 6.57. The van der Waals surface area contributed by atoms with Crippen LogP contribution in [-0.4, -0.2) is 13.1 Å². The molecule has 0 saturated carbocycles. The zero-order valence-electron chi connectivity index (χ0n) is 9.17. The monoisotopic (exact) mass is 210 g/mol.